The molecule has 8 aromatic rings. The number of nitrogens with zero attached hydrogens (tertiary/aromatic N) is 4. The van der Waals surface area contributed by atoms with Gasteiger partial charge in [0.05, 0.1) is 17.7 Å². The molecule has 1 saturated heterocycles. The molecule has 0 radical (unpaired) electrons. The molecule has 0 saturated carbocycles. The van der Waals surface area contributed by atoms with Crippen molar-refractivity contribution in [1.82, 2.24) is 18.5 Å². The van der Waals surface area contributed by atoms with E-state index in [9.17, 15) is 0 Å². The molecule has 0 amide bonds. The molecule has 5 heteroatoms. The number of hydrogen-bond donors (Lipinski definition) is 0. The minimum absolute atomic E-state index is 0.0252. The maximum Gasteiger partial charge on any atom is 0.186 e. The summed E-state index contributed by atoms with van der Waals surface area (Å²) in [5.41, 5.74) is 14.6. The van der Waals surface area contributed by atoms with Gasteiger partial charge in [-0.3, -0.25) is 13.5 Å². The maximum atomic E-state index is 7.19. The summed E-state index contributed by atoms with van der Waals surface area (Å²) in [6.07, 6.45) is 1.94. The Labute approximate surface area is 342 Å². The van der Waals surface area contributed by atoms with E-state index in [4.69, 9.17) is 9.72 Å². The number of hydrogen-bond acceptors (Lipinski definition) is 2. The zero-order valence-corrected chi connectivity index (χ0v) is 34.8. The first kappa shape index (κ1) is 36.3. The van der Waals surface area contributed by atoms with Gasteiger partial charge in [0, 0.05) is 47.3 Å². The number of fused-ring (bicyclic) bond motifs is 3. The molecule has 0 N–H and O–H groups in total. The Balaban J connectivity index is 1.17. The standard InChI is InChI=1S/C53H51N4O/c1-35-25-48-49(26-36(35)2)57(33-56(48,34-57)40-19-13-10-14-20-40)41-27-39(53(6,7)8)28-42(30-41)58-43-31-45(37-17-11-9-12-18-37)51-44-21-15-16-22-46(44)55(47(51)32-43)50-29-38(23-24-54-50)52(3,4)5/h9-33H,34H2,1-8H3/q+1/t56-,57+/m0/s1. The topological polar surface area (TPSA) is 27.1 Å². The van der Waals surface area contributed by atoms with Crippen LogP contribution in [0, 0.1) is 20.5 Å². The number of ether oxygens (including phenoxy) is 1. The molecule has 6 aromatic carbocycles. The van der Waals surface area contributed by atoms with E-state index < -0.39 is 0 Å². The van der Waals surface area contributed by atoms with Crippen LogP contribution in [0.1, 0.15) is 63.8 Å². The lowest BCUT2D eigenvalue weighted by atomic mass is 9.86. The zero-order chi connectivity index (χ0) is 40.2. The summed E-state index contributed by atoms with van der Waals surface area (Å²) in [7, 11) is 0. The molecule has 0 spiro atoms. The van der Waals surface area contributed by atoms with Crippen molar-refractivity contribution in [1.29, 1.82) is 0 Å². The van der Waals surface area contributed by atoms with E-state index in [-0.39, 0.29) is 10.8 Å². The quantitative estimate of drug-likeness (QED) is 0.125. The lowest BCUT2D eigenvalue weighted by molar-refractivity contribution is 0.186. The van der Waals surface area contributed by atoms with E-state index in [0.29, 0.717) is 4.48 Å². The second kappa shape index (κ2) is 12.7. The average molecular weight is 760 g/mol. The third-order valence-electron chi connectivity index (χ3n) is 12.6. The first-order chi connectivity index (χ1) is 27.7. The van der Waals surface area contributed by atoms with Gasteiger partial charge >= 0.3 is 0 Å². The molecule has 288 valence electrons. The van der Waals surface area contributed by atoms with Crippen molar-refractivity contribution >= 4 is 44.6 Å². The van der Waals surface area contributed by atoms with E-state index in [2.05, 4.69) is 206 Å². The highest BCUT2D eigenvalue weighted by molar-refractivity contribution is 6.16. The van der Waals surface area contributed by atoms with Gasteiger partial charge in [-0.2, -0.15) is 0 Å². The lowest BCUT2D eigenvalue weighted by Gasteiger charge is -2.56. The second-order valence-electron chi connectivity index (χ2n) is 18.6. The van der Waals surface area contributed by atoms with Crippen LogP contribution in [0.25, 0.3) is 38.8 Å². The van der Waals surface area contributed by atoms with Gasteiger partial charge in [-0.25, -0.2) is 4.98 Å². The van der Waals surface area contributed by atoms with Gasteiger partial charge in [0.1, 0.15) is 28.7 Å². The molecule has 2 bridgehead atoms. The second-order valence-corrected chi connectivity index (χ2v) is 18.6. The predicted octanol–water partition coefficient (Wildman–Crippen LogP) is 14.2. The minimum atomic E-state index is -0.107. The molecule has 5 nitrogen and oxygen atoms in total. The summed E-state index contributed by atoms with van der Waals surface area (Å²) in [6.45, 7) is 21.5. The first-order valence-corrected chi connectivity index (χ1v) is 20.5. The summed E-state index contributed by atoms with van der Waals surface area (Å²) in [4.78, 5) is 4.99. The monoisotopic (exact) mass is 759 g/mol. The molecule has 1 fully saturated rings. The van der Waals surface area contributed by atoms with Gasteiger partial charge in [0.2, 0.25) is 0 Å². The van der Waals surface area contributed by atoms with Gasteiger partial charge in [0.25, 0.3) is 0 Å². The van der Waals surface area contributed by atoms with Crippen molar-refractivity contribution in [3.63, 3.8) is 0 Å². The Morgan fingerprint density at radius 1 is 0.586 bits per heavy atom. The van der Waals surface area contributed by atoms with Crippen LogP contribution in [-0.4, -0.2) is 16.2 Å². The predicted molar refractivity (Wildman–Crippen MR) is 242 cm³/mol. The number of rotatable bonds is 6. The first-order valence-electron chi connectivity index (χ1n) is 20.5. The van der Waals surface area contributed by atoms with Gasteiger partial charge in [-0.05, 0) is 101 Å². The van der Waals surface area contributed by atoms with Crippen molar-refractivity contribution in [3.05, 3.63) is 175 Å². The highest BCUT2D eigenvalue weighted by atomic mass is 16.5. The number of aromatic nitrogens is 2. The van der Waals surface area contributed by atoms with Crippen molar-refractivity contribution in [2.24, 2.45) is 0 Å². The number of aryl methyl sites for hydroxylation is 2. The van der Waals surface area contributed by atoms with Crippen LogP contribution >= 0.6 is 0 Å². The molecule has 2 aromatic heterocycles. The van der Waals surface area contributed by atoms with E-state index in [0.717, 1.165) is 50.6 Å². The third kappa shape index (κ3) is 5.55. The number of pyridine rings is 1. The van der Waals surface area contributed by atoms with Crippen LogP contribution in [0.5, 0.6) is 11.5 Å². The summed E-state index contributed by atoms with van der Waals surface area (Å²) in [5.74, 6) is 2.52. The fourth-order valence-corrected chi connectivity index (χ4v) is 9.31. The molecule has 5 heterocycles. The Morgan fingerprint density at radius 2 is 1.19 bits per heavy atom. The highest BCUT2D eigenvalue weighted by Gasteiger charge is 2.63. The van der Waals surface area contributed by atoms with Crippen molar-refractivity contribution < 1.29 is 4.74 Å². The summed E-state index contributed by atoms with van der Waals surface area (Å²) < 4.78 is 10.9. The third-order valence-corrected chi connectivity index (χ3v) is 12.6. The van der Waals surface area contributed by atoms with Crippen LogP contribution in [0.4, 0.5) is 22.7 Å². The normalized spacial score (nSPS) is 18.7. The molecule has 0 aliphatic carbocycles. The van der Waals surface area contributed by atoms with Gasteiger partial charge in [0.15, 0.2) is 18.0 Å². The molecule has 3 aliphatic rings. The maximum absolute atomic E-state index is 7.19. The van der Waals surface area contributed by atoms with Gasteiger partial charge in [-0.15, -0.1) is 0 Å². The van der Waals surface area contributed by atoms with Crippen LogP contribution < -0.4 is 13.7 Å². The molecule has 0 unspecified atom stereocenters. The molecule has 58 heavy (non-hydrogen) atoms. The zero-order valence-electron chi connectivity index (χ0n) is 34.8. The number of para-hydroxylation sites is 2. The summed E-state index contributed by atoms with van der Waals surface area (Å²) >= 11 is 0. The molecule has 11 rings (SSSR count). The van der Waals surface area contributed by atoms with Crippen LogP contribution in [0.15, 0.2) is 146 Å². The number of benzene rings is 6. The molecular formula is C53H51N4O+. The average Bonchev–Trinajstić information content (AvgIpc) is 3.78. The smallest absolute Gasteiger partial charge is 0.186 e. The van der Waals surface area contributed by atoms with E-state index in [1.54, 1.807) is 0 Å². The van der Waals surface area contributed by atoms with Crippen LogP contribution in [-0.2, 0) is 10.8 Å². The van der Waals surface area contributed by atoms with Gasteiger partial charge < -0.3 is 4.74 Å². The van der Waals surface area contributed by atoms with E-state index in [1.807, 2.05) is 6.20 Å². The fraction of sp³-hybridized carbons (Fsp3) is 0.208. The van der Waals surface area contributed by atoms with Crippen molar-refractivity contribution in [3.8, 4) is 28.4 Å². The van der Waals surface area contributed by atoms with Crippen LogP contribution in [0.3, 0.4) is 0 Å². The largest absolute Gasteiger partial charge is 0.457 e. The summed E-state index contributed by atoms with van der Waals surface area (Å²) in [6, 6.07) is 50.9. The van der Waals surface area contributed by atoms with Gasteiger partial charge in [-0.1, -0.05) is 108 Å². The molecule has 2 atom stereocenters. The highest BCUT2D eigenvalue weighted by Crippen LogP contribution is 2.66. The number of quaternary nitrogens is 2. The summed E-state index contributed by atoms with van der Waals surface area (Å²) in [5, 5.41) is 2.37. The van der Waals surface area contributed by atoms with E-state index >= 15 is 0 Å². The van der Waals surface area contributed by atoms with E-state index in [1.165, 1.54) is 55.8 Å². The fourth-order valence-electron chi connectivity index (χ4n) is 9.31. The Morgan fingerprint density at radius 3 is 1.86 bits per heavy atom. The minimum Gasteiger partial charge on any atom is -0.457 e. The van der Waals surface area contributed by atoms with Crippen molar-refractivity contribution in [2.45, 2.75) is 66.2 Å². The Bertz CT molecular complexity index is 2900. The SMILES string of the molecule is Cc1cc2c(cc1C)[N@+]1(c3cc(Oc4cc(-c5ccccc5)c5c6ccccc6n(-c6cc(C(C)(C)C)ccn6)c5c4)cc(C(C)(C)C)c3)[CH-][N@@+]2(c2ccccc2)C1. The Hall–Kier alpha value is -6.01. The molecule has 3 aliphatic heterocycles. The Kier molecular flexibility index (Phi) is 7.99. The molecular weight excluding hydrogens is 709 g/mol. The van der Waals surface area contributed by atoms with Crippen LogP contribution in [0.2, 0.25) is 0 Å². The van der Waals surface area contributed by atoms with Crippen molar-refractivity contribution in [2.75, 3.05) is 6.67 Å². The lowest BCUT2D eigenvalue weighted by Crippen LogP contribution is -2.67.